The summed E-state index contributed by atoms with van der Waals surface area (Å²) in [5.74, 6) is -6.74. The summed E-state index contributed by atoms with van der Waals surface area (Å²) in [4.78, 5) is 42.9. The van der Waals surface area contributed by atoms with Crippen molar-refractivity contribution in [3.8, 4) is 5.75 Å². The maximum Gasteiger partial charge on any atom is 0.255 e. The number of benzene rings is 2. The van der Waals surface area contributed by atoms with Gasteiger partial charge in [-0.05, 0) is 57.0 Å². The first kappa shape index (κ1) is 29.2. The van der Waals surface area contributed by atoms with Crippen molar-refractivity contribution in [2.24, 2.45) is 17.6 Å². The monoisotopic (exact) mass is 576 g/mol. The molecule has 0 saturated heterocycles. The van der Waals surface area contributed by atoms with Crippen LogP contribution in [0.2, 0.25) is 0 Å². The first-order valence-electron chi connectivity index (χ1n) is 13.7. The van der Waals surface area contributed by atoms with E-state index in [2.05, 4.69) is 5.32 Å². The number of hydrogen-bond acceptors (Lipinski definition) is 10. The Bertz CT molecular complexity index is 1570. The fourth-order valence-electron chi connectivity index (χ4n) is 6.73. The lowest BCUT2D eigenvalue weighted by molar-refractivity contribution is -0.153. The van der Waals surface area contributed by atoms with Crippen LogP contribution in [-0.4, -0.2) is 82.6 Å². The van der Waals surface area contributed by atoms with E-state index in [-0.39, 0.29) is 29.7 Å². The fourth-order valence-corrected chi connectivity index (χ4v) is 6.73. The Kier molecular flexibility index (Phi) is 7.06. The molecule has 3 aliphatic carbocycles. The summed E-state index contributed by atoms with van der Waals surface area (Å²) in [6.07, 6.45) is 0.251. The summed E-state index contributed by atoms with van der Waals surface area (Å²) in [7, 11) is 6.79. The molecule has 4 unspecified atom stereocenters. The molecule has 4 atom stereocenters. The standard InChI is InChI=1S/C31H36N4O7/c1-14-6-8-15(9-7-14)13-33-19-12-20(34(2)3)17-10-16-11-18-24(35(4)5)27(38)23(30(32)41)29(40)31(18,42)28(39)21(16)26(37)22(17)25(19)36/h6-9,12,16,18,24,33,36-37,40,42H,10-11,13H2,1-5H3,(H2,32,41). The van der Waals surface area contributed by atoms with Crippen molar-refractivity contribution < 1.29 is 34.8 Å². The first-order valence-corrected chi connectivity index (χ1v) is 13.7. The molecule has 5 rings (SSSR count). The highest BCUT2D eigenvalue weighted by atomic mass is 16.3. The number of phenolic OH excluding ortho intramolecular Hbond substituents is 1. The van der Waals surface area contributed by atoms with Gasteiger partial charge in [0.25, 0.3) is 5.91 Å². The maximum absolute atomic E-state index is 14.1. The maximum atomic E-state index is 14.1. The number of nitrogens with zero attached hydrogens (tertiary/aromatic N) is 2. The summed E-state index contributed by atoms with van der Waals surface area (Å²) in [5, 5.41) is 49.1. The van der Waals surface area contributed by atoms with Crippen molar-refractivity contribution in [1.82, 2.24) is 4.90 Å². The number of phenols is 1. The van der Waals surface area contributed by atoms with Gasteiger partial charge < -0.3 is 36.4 Å². The number of carbonyl (C=O) groups excluding carboxylic acids is 3. The van der Waals surface area contributed by atoms with E-state index in [1.165, 1.54) is 4.90 Å². The average Bonchev–Trinajstić information content (AvgIpc) is 2.90. The van der Waals surface area contributed by atoms with Gasteiger partial charge in [0.2, 0.25) is 5.78 Å². The third kappa shape index (κ3) is 4.23. The van der Waals surface area contributed by atoms with E-state index in [0.717, 1.165) is 11.1 Å². The normalized spacial score (nSPS) is 25.3. The largest absolute Gasteiger partial charge is 0.508 e. The van der Waals surface area contributed by atoms with E-state index < -0.39 is 58.0 Å². The molecule has 42 heavy (non-hydrogen) atoms. The minimum atomic E-state index is -2.67. The molecule has 0 aromatic heterocycles. The molecule has 1 fully saturated rings. The van der Waals surface area contributed by atoms with Crippen LogP contribution >= 0.6 is 0 Å². The topological polar surface area (TPSA) is 177 Å². The number of fused-ring (bicyclic) bond motifs is 3. The molecule has 3 aliphatic rings. The molecular weight excluding hydrogens is 540 g/mol. The molecule has 0 aliphatic heterocycles. The van der Waals surface area contributed by atoms with Gasteiger partial charge in [0, 0.05) is 37.8 Å². The van der Waals surface area contributed by atoms with Crippen LogP contribution in [0, 0.1) is 18.8 Å². The number of nitrogens with one attached hydrogen (secondary N) is 1. The molecular formula is C31H36N4O7. The number of likely N-dealkylation sites (N-methyl/N-ethyl adjacent to an activating group) is 1. The quantitative estimate of drug-likeness (QED) is 0.220. The molecule has 2 aromatic carbocycles. The molecule has 11 heteroatoms. The van der Waals surface area contributed by atoms with Crippen LogP contribution in [0.4, 0.5) is 11.4 Å². The molecule has 0 spiro atoms. The zero-order valence-electron chi connectivity index (χ0n) is 24.2. The molecule has 7 N–H and O–H groups in total. The summed E-state index contributed by atoms with van der Waals surface area (Å²) < 4.78 is 0. The second-order valence-corrected chi connectivity index (χ2v) is 11.8. The molecule has 222 valence electrons. The lowest BCUT2D eigenvalue weighted by atomic mass is 9.57. The summed E-state index contributed by atoms with van der Waals surface area (Å²) in [6, 6.07) is 8.53. The lowest BCUT2D eigenvalue weighted by Crippen LogP contribution is -2.65. The third-order valence-corrected chi connectivity index (χ3v) is 8.78. The van der Waals surface area contributed by atoms with E-state index in [9.17, 15) is 34.8 Å². The summed E-state index contributed by atoms with van der Waals surface area (Å²) in [6.45, 7) is 2.37. The number of Topliss-reactive ketones (excluding diaryl/α,β-unsaturated/α-hetero) is 2. The molecule has 1 saturated carbocycles. The second-order valence-electron chi connectivity index (χ2n) is 11.8. The Morgan fingerprint density at radius 2 is 1.74 bits per heavy atom. The number of primary amides is 1. The van der Waals surface area contributed by atoms with Gasteiger partial charge in [-0.25, -0.2) is 0 Å². The van der Waals surface area contributed by atoms with Crippen LogP contribution in [0.3, 0.4) is 0 Å². The zero-order valence-corrected chi connectivity index (χ0v) is 24.2. The van der Waals surface area contributed by atoms with Crippen LogP contribution in [0.5, 0.6) is 5.75 Å². The van der Waals surface area contributed by atoms with Gasteiger partial charge in [0.15, 0.2) is 11.4 Å². The van der Waals surface area contributed by atoms with Gasteiger partial charge in [-0.3, -0.25) is 19.3 Å². The first-order chi connectivity index (χ1) is 19.7. The van der Waals surface area contributed by atoms with Crippen LogP contribution in [0.15, 0.2) is 47.2 Å². The van der Waals surface area contributed by atoms with Crippen LogP contribution in [-0.2, 0) is 27.3 Å². The van der Waals surface area contributed by atoms with E-state index >= 15 is 0 Å². The van der Waals surface area contributed by atoms with E-state index in [1.807, 2.05) is 50.2 Å². The van der Waals surface area contributed by atoms with E-state index in [1.54, 1.807) is 20.2 Å². The van der Waals surface area contributed by atoms with Gasteiger partial charge in [-0.1, -0.05) is 29.8 Å². The molecule has 1 amide bonds. The predicted molar refractivity (Wildman–Crippen MR) is 157 cm³/mol. The average molecular weight is 577 g/mol. The molecule has 0 radical (unpaired) electrons. The van der Waals surface area contributed by atoms with Crippen LogP contribution in [0.25, 0.3) is 5.76 Å². The number of anilines is 2. The number of aliphatic hydroxyl groups is 3. The number of nitrogens with two attached hydrogens (primary N) is 1. The lowest BCUT2D eigenvalue weighted by Gasteiger charge is -2.50. The second kappa shape index (κ2) is 10.2. The number of carbonyl (C=O) groups is 3. The Hall–Kier alpha value is -4.35. The fraction of sp³-hybridized carbons (Fsp3) is 0.387. The van der Waals surface area contributed by atoms with Gasteiger partial charge in [-0.2, -0.15) is 0 Å². The molecule has 0 bridgehead atoms. The summed E-state index contributed by atoms with van der Waals surface area (Å²) >= 11 is 0. The number of ketones is 2. The highest BCUT2D eigenvalue weighted by Crippen LogP contribution is 2.54. The van der Waals surface area contributed by atoms with Crippen molar-refractivity contribution in [1.29, 1.82) is 0 Å². The highest BCUT2D eigenvalue weighted by Gasteiger charge is 2.64. The van der Waals surface area contributed by atoms with Crippen molar-refractivity contribution in [3.63, 3.8) is 0 Å². The number of rotatable bonds is 6. The van der Waals surface area contributed by atoms with Gasteiger partial charge >= 0.3 is 0 Å². The van der Waals surface area contributed by atoms with Crippen LogP contribution < -0.4 is 16.0 Å². The van der Waals surface area contributed by atoms with Gasteiger partial charge in [0.1, 0.15) is 22.8 Å². The zero-order chi connectivity index (χ0) is 30.8. The number of aliphatic hydroxyl groups excluding tert-OH is 2. The number of hydrogen-bond donors (Lipinski definition) is 6. The summed E-state index contributed by atoms with van der Waals surface area (Å²) in [5.41, 5.74) is 5.46. The van der Waals surface area contributed by atoms with E-state index in [4.69, 9.17) is 5.73 Å². The number of aromatic hydroxyl groups is 1. The van der Waals surface area contributed by atoms with Gasteiger partial charge in [-0.15, -0.1) is 0 Å². The Morgan fingerprint density at radius 1 is 1.10 bits per heavy atom. The van der Waals surface area contributed by atoms with Crippen molar-refractivity contribution >= 4 is 34.6 Å². The molecule has 0 heterocycles. The Labute approximate surface area is 243 Å². The molecule has 2 aromatic rings. The smallest absolute Gasteiger partial charge is 0.255 e. The number of amides is 1. The van der Waals surface area contributed by atoms with Crippen molar-refractivity contribution in [2.75, 3.05) is 38.4 Å². The minimum Gasteiger partial charge on any atom is -0.508 e. The SMILES string of the molecule is Cc1ccc(CNc2cc(N(C)C)c3c(c2O)C(O)=C2C(=O)C4(O)C(O)=C(C(N)=O)C(=O)C(N(C)C)C4CC2C3)cc1. The van der Waals surface area contributed by atoms with Gasteiger partial charge in [0.05, 0.1) is 17.3 Å². The van der Waals surface area contributed by atoms with E-state index in [0.29, 0.717) is 23.5 Å². The Balaban J connectivity index is 1.66. The number of aryl methyl sites for hydroxylation is 1. The van der Waals surface area contributed by atoms with Crippen LogP contribution in [0.1, 0.15) is 28.7 Å². The highest BCUT2D eigenvalue weighted by molar-refractivity contribution is 6.24. The molecule has 11 nitrogen and oxygen atoms in total. The predicted octanol–water partition coefficient (Wildman–Crippen LogP) is 1.95. The third-order valence-electron chi connectivity index (χ3n) is 8.78. The minimum absolute atomic E-state index is 0.0345. The van der Waals surface area contributed by atoms with Crippen molar-refractivity contribution in [2.45, 2.75) is 38.0 Å². The van der Waals surface area contributed by atoms with Crippen molar-refractivity contribution in [3.05, 3.63) is 69.5 Å². The Morgan fingerprint density at radius 3 is 2.31 bits per heavy atom.